The van der Waals surface area contributed by atoms with E-state index >= 15 is 0 Å². The smallest absolute Gasteiger partial charge is 1.00 e. The van der Waals surface area contributed by atoms with Crippen LogP contribution in [0.2, 0.25) is 8.45 Å². The molecule has 2 aromatic rings. The second kappa shape index (κ2) is 6.26. The molecule has 2 atom stereocenters. The Balaban J connectivity index is 0.000000781. The number of allylic oxidation sites excluding steroid dienone is 2. The van der Waals surface area contributed by atoms with Gasteiger partial charge in [0.05, 0.1) is 0 Å². The monoisotopic (exact) mass is 374 g/mol. The molecule has 0 nitrogen and oxygen atoms in total. The maximum Gasteiger partial charge on any atom is -1.00 e. The first-order chi connectivity index (χ1) is 10.4. The van der Waals surface area contributed by atoms with E-state index in [2.05, 4.69) is 72.8 Å². The van der Waals surface area contributed by atoms with Crippen molar-refractivity contribution in [2.45, 2.75) is 20.3 Å². The second-order valence-corrected chi connectivity index (χ2v) is 8.88. The summed E-state index contributed by atoms with van der Waals surface area (Å²) in [5.74, 6) is 1.30. The van der Waals surface area contributed by atoms with E-state index in [0.29, 0.717) is 15.6 Å². The molecule has 1 fully saturated rings. The van der Waals surface area contributed by atoms with E-state index in [-0.39, 0.29) is 44.0 Å². The molecule has 0 bridgehead atoms. The summed E-state index contributed by atoms with van der Waals surface area (Å²) in [5, 5.41) is 0. The van der Waals surface area contributed by atoms with Crippen LogP contribution in [0.3, 0.4) is 0 Å². The molecule has 2 aliphatic carbocycles. The van der Waals surface area contributed by atoms with Gasteiger partial charge in [-0.15, -0.1) is 0 Å². The van der Waals surface area contributed by atoms with Crippen molar-refractivity contribution in [2.75, 3.05) is 0 Å². The van der Waals surface area contributed by atoms with Gasteiger partial charge in [0.2, 0.25) is 0 Å². The van der Waals surface area contributed by atoms with E-state index in [0.717, 1.165) is 0 Å². The van der Waals surface area contributed by atoms with Crippen molar-refractivity contribution in [3.05, 3.63) is 82.9 Å². The summed E-state index contributed by atoms with van der Waals surface area (Å²) in [4.78, 5) is 0. The molecule has 0 spiro atoms. The van der Waals surface area contributed by atoms with Gasteiger partial charge in [0, 0.05) is 0 Å². The Morgan fingerprint density at radius 2 is 1.17 bits per heavy atom. The molecule has 1 heterocycles. The molecule has 0 N–H and O–H groups in total. The Morgan fingerprint density at radius 3 is 1.61 bits per heavy atom. The molecular formula is C20H16Cl2Ti. The molecule has 0 amide bonds. The first kappa shape index (κ1) is 17.1. The van der Waals surface area contributed by atoms with Gasteiger partial charge in [0.1, 0.15) is 0 Å². The number of benzene rings is 2. The van der Waals surface area contributed by atoms with Crippen LogP contribution in [0.15, 0.2) is 60.7 Å². The van der Waals surface area contributed by atoms with Crippen LogP contribution in [0.1, 0.15) is 34.1 Å². The normalized spacial score (nSPS) is 27.8. The predicted octanol–water partition coefficient (Wildman–Crippen LogP) is -0.711. The van der Waals surface area contributed by atoms with Gasteiger partial charge >= 0.3 is 135 Å². The summed E-state index contributed by atoms with van der Waals surface area (Å²) in [6.45, 7) is 0. The average molecular weight is 375 g/mol. The van der Waals surface area contributed by atoms with E-state index in [1.165, 1.54) is 15.9 Å². The van der Waals surface area contributed by atoms with Gasteiger partial charge < -0.3 is 24.8 Å². The maximum atomic E-state index is 2.48. The first-order valence-corrected chi connectivity index (χ1v) is 9.56. The molecule has 0 radical (unpaired) electrons. The number of halogens is 2. The molecule has 5 rings (SSSR count). The minimum atomic E-state index is 0. The molecule has 114 valence electrons. The number of rotatable bonds is 2. The molecule has 1 aliphatic heterocycles. The molecule has 3 aliphatic rings. The predicted molar refractivity (Wildman–Crippen MR) is 83.9 cm³/mol. The van der Waals surface area contributed by atoms with Gasteiger partial charge in [-0.05, 0) is 0 Å². The Hall–Kier alpha value is -0.786. The molecule has 0 saturated carbocycles. The number of hydrogen-bond acceptors (Lipinski definition) is 0. The van der Waals surface area contributed by atoms with Crippen LogP contribution in [0.5, 0.6) is 0 Å². The van der Waals surface area contributed by atoms with Crippen molar-refractivity contribution in [1.29, 1.82) is 0 Å². The van der Waals surface area contributed by atoms with Crippen LogP contribution in [-0.4, -0.2) is 0 Å². The van der Waals surface area contributed by atoms with Crippen LogP contribution in [-0.2, 0) is 19.2 Å². The van der Waals surface area contributed by atoms with Crippen molar-refractivity contribution in [3.63, 3.8) is 0 Å². The van der Waals surface area contributed by atoms with Crippen molar-refractivity contribution in [3.8, 4) is 0 Å². The van der Waals surface area contributed by atoms with Gasteiger partial charge in [-0.25, -0.2) is 0 Å². The zero-order chi connectivity index (χ0) is 13.9. The van der Waals surface area contributed by atoms with Gasteiger partial charge in [0.15, 0.2) is 0 Å². The Kier molecular flexibility index (Phi) is 4.64. The van der Waals surface area contributed by atoms with Crippen LogP contribution in [0.25, 0.3) is 12.2 Å². The van der Waals surface area contributed by atoms with E-state index in [1.54, 1.807) is 11.1 Å². The Bertz CT molecular complexity index is 726. The largest absolute Gasteiger partial charge is 1.00 e. The van der Waals surface area contributed by atoms with Crippen LogP contribution >= 0.6 is 0 Å². The van der Waals surface area contributed by atoms with E-state index in [4.69, 9.17) is 0 Å². The van der Waals surface area contributed by atoms with E-state index < -0.39 is 0 Å². The van der Waals surface area contributed by atoms with Crippen molar-refractivity contribution in [1.82, 2.24) is 0 Å². The Labute approximate surface area is 158 Å². The summed E-state index contributed by atoms with van der Waals surface area (Å²) in [6, 6.07) is 17.9. The molecule has 1 saturated heterocycles. The van der Waals surface area contributed by atoms with Gasteiger partial charge in [-0.3, -0.25) is 0 Å². The standard InChI is InChI=1S/C20H16.2ClH.Ti/c1-14(17-12-10-15-6-2-4-8-19(15)17)18-13-11-16-7-3-5-9-20(16)18;;;/h2-13,17-18H,1H2;2*1H;/q;;;+2/p-2. The third kappa shape index (κ3) is 2.48. The summed E-state index contributed by atoms with van der Waals surface area (Å²) >= 11 is 0.165. The fourth-order valence-corrected chi connectivity index (χ4v) is 6.61. The third-order valence-electron chi connectivity index (χ3n) is 5.29. The second-order valence-electron chi connectivity index (χ2n) is 6.33. The quantitative estimate of drug-likeness (QED) is 0.609. The topological polar surface area (TPSA) is 0 Å². The van der Waals surface area contributed by atoms with Gasteiger partial charge in [-0.2, -0.15) is 0 Å². The zero-order valence-electron chi connectivity index (χ0n) is 12.5. The number of fused-ring (bicyclic) bond motifs is 2. The minimum absolute atomic E-state index is 0. The van der Waals surface area contributed by atoms with E-state index in [1.807, 2.05) is 0 Å². The SMILES string of the molecule is C1=CC([C]2(C3C=Cc4ccccc43)[CH2][Ti+2]2)c2ccccc21.[Cl-].[Cl-]. The molecule has 2 aromatic carbocycles. The summed E-state index contributed by atoms with van der Waals surface area (Å²) in [6.07, 6.45) is 9.65. The van der Waals surface area contributed by atoms with Crippen LogP contribution in [0, 0.1) is 0 Å². The zero-order valence-corrected chi connectivity index (χ0v) is 15.6. The molecular weight excluding hydrogens is 359 g/mol. The molecule has 23 heavy (non-hydrogen) atoms. The Morgan fingerprint density at radius 1 is 0.739 bits per heavy atom. The van der Waals surface area contributed by atoms with Crippen molar-refractivity contribution >= 4 is 12.2 Å². The third-order valence-corrected chi connectivity index (χ3v) is 8.09. The fraction of sp³-hybridized carbons (Fsp3) is 0.200. The first-order valence-electron chi connectivity index (χ1n) is 7.68. The van der Waals surface area contributed by atoms with Crippen LogP contribution in [0.4, 0.5) is 0 Å². The minimum Gasteiger partial charge on any atom is -1.00 e. The maximum absolute atomic E-state index is 2.48. The van der Waals surface area contributed by atoms with Gasteiger partial charge in [-0.1, -0.05) is 0 Å². The summed E-state index contributed by atoms with van der Waals surface area (Å²) in [5.41, 5.74) is 6.01. The summed E-state index contributed by atoms with van der Waals surface area (Å²) < 4.78 is 2.02. The van der Waals surface area contributed by atoms with Gasteiger partial charge in [0.25, 0.3) is 0 Å². The molecule has 3 heteroatoms. The molecule has 0 aromatic heterocycles. The number of hydrogen-bond donors (Lipinski definition) is 0. The van der Waals surface area contributed by atoms with Crippen molar-refractivity contribution < 1.29 is 44.0 Å². The average Bonchev–Trinajstić information content (AvgIpc) is 3.03. The fourth-order valence-electron chi connectivity index (χ4n) is 4.13. The van der Waals surface area contributed by atoms with Crippen molar-refractivity contribution in [2.24, 2.45) is 0 Å². The summed E-state index contributed by atoms with van der Waals surface area (Å²) in [7, 11) is 0. The molecule has 2 unspecified atom stereocenters. The van der Waals surface area contributed by atoms with Crippen LogP contribution < -0.4 is 24.8 Å². The van der Waals surface area contributed by atoms with E-state index in [9.17, 15) is 0 Å².